The quantitative estimate of drug-likeness (QED) is 0.777. The van der Waals surface area contributed by atoms with Crippen LogP contribution >= 0.6 is 0 Å². The third-order valence-electron chi connectivity index (χ3n) is 2.70. The van der Waals surface area contributed by atoms with Gasteiger partial charge in [-0.1, -0.05) is 24.6 Å². The van der Waals surface area contributed by atoms with Crippen molar-refractivity contribution >= 4 is 5.78 Å². The smallest absolute Gasteiger partial charge is 0.172 e. The van der Waals surface area contributed by atoms with Crippen molar-refractivity contribution in [3.8, 4) is 5.75 Å². The van der Waals surface area contributed by atoms with Gasteiger partial charge in [0.05, 0.1) is 0 Å². The Morgan fingerprint density at radius 1 is 1.25 bits per heavy atom. The maximum absolute atomic E-state index is 11.5. The molecule has 1 unspecified atom stereocenters. The lowest BCUT2D eigenvalue weighted by atomic mass is 10.1. The minimum atomic E-state index is -0.356. The van der Waals surface area contributed by atoms with Crippen LogP contribution in [0.3, 0.4) is 0 Å². The van der Waals surface area contributed by atoms with Crippen LogP contribution in [0.25, 0.3) is 0 Å². The van der Waals surface area contributed by atoms with Crippen molar-refractivity contribution in [2.45, 2.75) is 47.1 Å². The molecular weight excluding hydrogens is 200 g/mol. The van der Waals surface area contributed by atoms with Gasteiger partial charge >= 0.3 is 0 Å². The summed E-state index contributed by atoms with van der Waals surface area (Å²) in [5, 5.41) is 0. The molecule has 0 N–H and O–H groups in total. The Balaban J connectivity index is 2.93. The molecule has 1 aromatic rings. The summed E-state index contributed by atoms with van der Waals surface area (Å²) in [7, 11) is 0. The Labute approximate surface area is 97.6 Å². The highest BCUT2D eigenvalue weighted by Crippen LogP contribution is 2.25. The number of carbonyl (C=O) groups is 1. The fourth-order valence-electron chi connectivity index (χ4n) is 1.88. The summed E-state index contributed by atoms with van der Waals surface area (Å²) in [6, 6.07) is 4.15. The number of ether oxygens (including phenoxy) is 1. The van der Waals surface area contributed by atoms with Crippen LogP contribution in [0.15, 0.2) is 12.1 Å². The monoisotopic (exact) mass is 220 g/mol. The van der Waals surface area contributed by atoms with Gasteiger partial charge in [0.15, 0.2) is 11.9 Å². The van der Waals surface area contributed by atoms with E-state index < -0.39 is 0 Å². The summed E-state index contributed by atoms with van der Waals surface area (Å²) in [6.45, 7) is 9.75. The normalized spacial score (nSPS) is 12.3. The van der Waals surface area contributed by atoms with E-state index in [9.17, 15) is 4.79 Å². The Hall–Kier alpha value is -1.31. The molecule has 16 heavy (non-hydrogen) atoms. The molecule has 0 spiro atoms. The Morgan fingerprint density at radius 3 is 2.19 bits per heavy atom. The highest BCUT2D eigenvalue weighted by atomic mass is 16.5. The van der Waals surface area contributed by atoms with Gasteiger partial charge in [0, 0.05) is 6.42 Å². The maximum Gasteiger partial charge on any atom is 0.172 e. The molecule has 0 saturated heterocycles. The molecule has 1 aromatic carbocycles. The van der Waals surface area contributed by atoms with Crippen molar-refractivity contribution in [3.63, 3.8) is 0 Å². The lowest BCUT2D eigenvalue weighted by Crippen LogP contribution is -2.23. The van der Waals surface area contributed by atoms with Crippen LogP contribution in [-0.2, 0) is 4.79 Å². The average molecular weight is 220 g/mol. The maximum atomic E-state index is 11.5. The van der Waals surface area contributed by atoms with Gasteiger partial charge in [-0.3, -0.25) is 4.79 Å². The van der Waals surface area contributed by atoms with Crippen molar-refractivity contribution in [3.05, 3.63) is 28.8 Å². The molecule has 0 fully saturated rings. The summed E-state index contributed by atoms with van der Waals surface area (Å²) in [4.78, 5) is 11.5. The highest BCUT2D eigenvalue weighted by Gasteiger charge is 2.15. The van der Waals surface area contributed by atoms with Crippen LogP contribution in [-0.4, -0.2) is 11.9 Å². The van der Waals surface area contributed by atoms with Crippen molar-refractivity contribution in [1.82, 2.24) is 0 Å². The molecule has 88 valence electrons. The van der Waals surface area contributed by atoms with E-state index in [-0.39, 0.29) is 11.9 Å². The van der Waals surface area contributed by atoms with E-state index in [4.69, 9.17) is 4.74 Å². The molecule has 0 heterocycles. The summed E-state index contributed by atoms with van der Waals surface area (Å²) in [6.07, 6.45) is 0.163. The lowest BCUT2D eigenvalue weighted by Gasteiger charge is -2.17. The molecule has 0 aromatic heterocycles. The van der Waals surface area contributed by atoms with E-state index in [2.05, 4.69) is 19.1 Å². The first-order chi connectivity index (χ1) is 7.45. The molecule has 0 aliphatic rings. The van der Waals surface area contributed by atoms with Gasteiger partial charge in [0.25, 0.3) is 0 Å². The first-order valence-electron chi connectivity index (χ1n) is 5.73. The Morgan fingerprint density at radius 2 is 1.75 bits per heavy atom. The topological polar surface area (TPSA) is 26.3 Å². The van der Waals surface area contributed by atoms with Crippen LogP contribution < -0.4 is 4.74 Å². The molecule has 1 rings (SSSR count). The van der Waals surface area contributed by atoms with Crippen molar-refractivity contribution in [1.29, 1.82) is 0 Å². The second-order valence-corrected chi connectivity index (χ2v) is 4.31. The second-order valence-electron chi connectivity index (χ2n) is 4.31. The predicted octanol–water partition coefficient (Wildman–Crippen LogP) is 3.36. The number of Topliss-reactive ketones (excluding diaryl/α,β-unsaturated/α-hetero) is 1. The van der Waals surface area contributed by atoms with Crippen molar-refractivity contribution in [2.75, 3.05) is 0 Å². The third kappa shape index (κ3) is 2.84. The zero-order valence-electron chi connectivity index (χ0n) is 10.8. The van der Waals surface area contributed by atoms with Crippen LogP contribution in [0.5, 0.6) is 5.75 Å². The van der Waals surface area contributed by atoms with Gasteiger partial charge in [0.1, 0.15) is 5.75 Å². The van der Waals surface area contributed by atoms with Crippen molar-refractivity contribution < 1.29 is 9.53 Å². The third-order valence-corrected chi connectivity index (χ3v) is 2.70. The van der Waals surface area contributed by atoms with Crippen LogP contribution in [0.2, 0.25) is 0 Å². The number of benzene rings is 1. The van der Waals surface area contributed by atoms with E-state index in [1.807, 2.05) is 27.7 Å². The van der Waals surface area contributed by atoms with E-state index in [0.717, 1.165) is 16.9 Å². The van der Waals surface area contributed by atoms with Gasteiger partial charge < -0.3 is 4.74 Å². The van der Waals surface area contributed by atoms with Crippen LogP contribution in [0.1, 0.15) is 37.0 Å². The molecule has 0 aliphatic heterocycles. The van der Waals surface area contributed by atoms with Gasteiger partial charge in [-0.25, -0.2) is 0 Å². The first-order valence-corrected chi connectivity index (χ1v) is 5.73. The molecule has 1 atom stereocenters. The first kappa shape index (κ1) is 12.8. The molecule has 2 nitrogen and oxygen atoms in total. The summed E-state index contributed by atoms with van der Waals surface area (Å²) in [5.41, 5.74) is 3.40. The largest absolute Gasteiger partial charge is 0.482 e. The number of ketones is 1. The SMILES string of the molecule is CCC(=O)C(C)Oc1c(C)cc(C)cc1C. The Bertz CT molecular complexity index is 371. The zero-order chi connectivity index (χ0) is 12.3. The molecule has 0 bridgehead atoms. The van der Waals surface area contributed by atoms with E-state index >= 15 is 0 Å². The molecule has 0 radical (unpaired) electrons. The number of rotatable bonds is 4. The molecule has 0 aliphatic carbocycles. The zero-order valence-corrected chi connectivity index (χ0v) is 10.8. The van der Waals surface area contributed by atoms with Crippen molar-refractivity contribution in [2.24, 2.45) is 0 Å². The number of hydrogen-bond acceptors (Lipinski definition) is 2. The average Bonchev–Trinajstić information content (AvgIpc) is 2.21. The van der Waals surface area contributed by atoms with Gasteiger partial charge in [0.2, 0.25) is 0 Å². The molecular formula is C14H20O2. The summed E-state index contributed by atoms with van der Waals surface area (Å²) in [5.74, 6) is 0.985. The van der Waals surface area contributed by atoms with E-state index in [1.165, 1.54) is 5.56 Å². The van der Waals surface area contributed by atoms with E-state index in [1.54, 1.807) is 0 Å². The van der Waals surface area contributed by atoms with Gasteiger partial charge in [-0.05, 0) is 38.8 Å². The summed E-state index contributed by atoms with van der Waals surface area (Å²) < 4.78 is 5.73. The van der Waals surface area contributed by atoms with Gasteiger partial charge in [-0.15, -0.1) is 0 Å². The number of aryl methyl sites for hydroxylation is 3. The standard InChI is InChI=1S/C14H20O2/c1-6-13(15)12(5)16-14-10(3)7-9(2)8-11(14)4/h7-8,12H,6H2,1-5H3. The minimum Gasteiger partial charge on any atom is -0.482 e. The van der Waals surface area contributed by atoms with Gasteiger partial charge in [-0.2, -0.15) is 0 Å². The summed E-state index contributed by atoms with van der Waals surface area (Å²) >= 11 is 0. The van der Waals surface area contributed by atoms with E-state index in [0.29, 0.717) is 6.42 Å². The molecule has 2 heteroatoms. The van der Waals surface area contributed by atoms with Crippen LogP contribution in [0.4, 0.5) is 0 Å². The fraction of sp³-hybridized carbons (Fsp3) is 0.500. The molecule has 0 amide bonds. The number of carbonyl (C=O) groups excluding carboxylic acids is 1. The predicted molar refractivity (Wildman–Crippen MR) is 66.0 cm³/mol. The lowest BCUT2D eigenvalue weighted by molar-refractivity contribution is -0.124. The van der Waals surface area contributed by atoms with Crippen LogP contribution in [0, 0.1) is 20.8 Å². The minimum absolute atomic E-state index is 0.138. The fourth-order valence-corrected chi connectivity index (χ4v) is 1.88. The number of hydrogen-bond donors (Lipinski definition) is 0. The Kier molecular flexibility index (Phi) is 4.11. The molecule has 0 saturated carbocycles. The second kappa shape index (κ2) is 5.15. The highest BCUT2D eigenvalue weighted by molar-refractivity contribution is 5.82.